The summed E-state index contributed by atoms with van der Waals surface area (Å²) in [6, 6.07) is 61.5. The second kappa shape index (κ2) is 16.5. The van der Waals surface area contributed by atoms with Crippen LogP contribution >= 0.6 is 0 Å². The Morgan fingerprint density at radius 2 is 1.15 bits per heavy atom. The van der Waals surface area contributed by atoms with Gasteiger partial charge in [0.25, 0.3) is 0 Å². The second-order valence-corrected chi connectivity index (χ2v) is 21.2. The Morgan fingerprint density at radius 3 is 1.85 bits per heavy atom. The molecule has 11 aromatic rings. The third-order valence-electron chi connectivity index (χ3n) is 16.9. The summed E-state index contributed by atoms with van der Waals surface area (Å²) in [4.78, 5) is 5.07. The average Bonchev–Trinajstić information content (AvgIpc) is 4.21. The second-order valence-electron chi connectivity index (χ2n) is 21.2. The molecule has 3 aromatic heterocycles. The molecule has 3 aliphatic carbocycles. The highest BCUT2D eigenvalue weighted by Crippen LogP contribution is 2.61. The molecule has 356 valence electrons. The van der Waals surface area contributed by atoms with Gasteiger partial charge in [0, 0.05) is 84.0 Å². The quantitative estimate of drug-likeness (QED) is 0.151. The highest BCUT2D eigenvalue weighted by atomic mass is 15.2. The lowest BCUT2D eigenvalue weighted by Gasteiger charge is -2.34. The van der Waals surface area contributed by atoms with Crippen LogP contribution < -0.4 is 9.80 Å². The Balaban J connectivity index is 1.09. The van der Waals surface area contributed by atoms with Crippen molar-refractivity contribution in [3.05, 3.63) is 257 Å². The first-order valence-corrected chi connectivity index (χ1v) is 26.6. The minimum atomic E-state index is 0.152. The first kappa shape index (κ1) is 43.0. The molecule has 1 aliphatic heterocycles. The standard InChI is InChI=1S/C70H56N4/c1-43-37-39-45(3)59(41-43)71(49-25-13-7-14-26-49)55-33-19-35-57-63(55)51-29-17-31-53-65-62(48-23-11-6-12-24-48)70-66(61(47-21-9-5-10-22-47)69(65)73(57)67(51)53)54-32-18-30-52-64-56(34-20-36-58(64)74(70)68(52)54)72(50-27-15-8-16-28-50)60-42-44(2)38-40-46(60)4/h5-23,25-29,31-35,37-42,48,52,58H,24,30,36H2,1-4H3. The Morgan fingerprint density at radius 1 is 0.500 bits per heavy atom. The van der Waals surface area contributed by atoms with E-state index in [9.17, 15) is 0 Å². The predicted molar refractivity (Wildman–Crippen MR) is 313 cm³/mol. The summed E-state index contributed by atoms with van der Waals surface area (Å²) in [5.74, 6) is 0.401. The largest absolute Gasteiger partial charge is 0.335 e. The molecule has 0 fully saturated rings. The fourth-order valence-electron chi connectivity index (χ4n) is 13.9. The Hall–Kier alpha value is -8.60. The molecular weight excluding hydrogens is 897 g/mol. The zero-order valence-electron chi connectivity index (χ0n) is 42.3. The summed E-state index contributed by atoms with van der Waals surface area (Å²) in [6.45, 7) is 8.93. The van der Waals surface area contributed by atoms with E-state index in [0.717, 1.165) is 24.9 Å². The Kier molecular flexibility index (Phi) is 9.57. The van der Waals surface area contributed by atoms with Gasteiger partial charge in [0.1, 0.15) is 0 Å². The number of fused-ring (bicyclic) bond motifs is 12. The number of nitrogens with zero attached hydrogens (tertiary/aromatic N) is 4. The molecule has 15 rings (SSSR count). The number of allylic oxidation sites excluding steroid dienone is 8. The van der Waals surface area contributed by atoms with Gasteiger partial charge < -0.3 is 18.8 Å². The lowest BCUT2D eigenvalue weighted by Crippen LogP contribution is -2.23. The van der Waals surface area contributed by atoms with Gasteiger partial charge in [-0.2, -0.15) is 0 Å². The number of para-hydroxylation sites is 3. The van der Waals surface area contributed by atoms with Gasteiger partial charge in [0.2, 0.25) is 0 Å². The number of aryl methyl sites for hydroxylation is 4. The van der Waals surface area contributed by atoms with Gasteiger partial charge in [-0.25, -0.2) is 0 Å². The number of rotatable bonds is 8. The topological polar surface area (TPSA) is 15.8 Å². The number of aromatic nitrogens is 2. The van der Waals surface area contributed by atoms with Gasteiger partial charge in [-0.3, -0.25) is 0 Å². The third kappa shape index (κ3) is 6.09. The van der Waals surface area contributed by atoms with Gasteiger partial charge in [-0.15, -0.1) is 0 Å². The molecule has 4 heterocycles. The van der Waals surface area contributed by atoms with E-state index in [0.29, 0.717) is 0 Å². The van der Waals surface area contributed by atoms with Crippen molar-refractivity contribution in [1.29, 1.82) is 0 Å². The van der Waals surface area contributed by atoms with Crippen LogP contribution in [0.3, 0.4) is 0 Å². The summed E-state index contributed by atoms with van der Waals surface area (Å²) in [5.41, 5.74) is 25.9. The van der Waals surface area contributed by atoms with Crippen LogP contribution in [0.2, 0.25) is 0 Å². The predicted octanol–water partition coefficient (Wildman–Crippen LogP) is 18.9. The van der Waals surface area contributed by atoms with Crippen molar-refractivity contribution in [2.75, 3.05) is 9.80 Å². The monoisotopic (exact) mass is 952 g/mol. The van der Waals surface area contributed by atoms with Gasteiger partial charge >= 0.3 is 0 Å². The molecule has 8 aromatic carbocycles. The van der Waals surface area contributed by atoms with Crippen molar-refractivity contribution in [1.82, 2.24) is 8.97 Å². The van der Waals surface area contributed by atoms with Crippen LogP contribution in [-0.4, -0.2) is 8.97 Å². The van der Waals surface area contributed by atoms with Crippen LogP contribution in [0.5, 0.6) is 0 Å². The van der Waals surface area contributed by atoms with Crippen LogP contribution in [0.15, 0.2) is 218 Å². The molecule has 0 amide bonds. The van der Waals surface area contributed by atoms with Crippen LogP contribution in [0.4, 0.5) is 28.4 Å². The number of benzene rings is 8. The molecule has 0 saturated heterocycles. The first-order chi connectivity index (χ1) is 36.4. The minimum Gasteiger partial charge on any atom is -0.335 e. The van der Waals surface area contributed by atoms with Crippen molar-refractivity contribution in [2.24, 2.45) is 0 Å². The summed E-state index contributed by atoms with van der Waals surface area (Å²) < 4.78 is 5.57. The molecule has 3 unspecified atom stereocenters. The summed E-state index contributed by atoms with van der Waals surface area (Å²) in [6.07, 6.45) is 22.2. The fourth-order valence-corrected chi connectivity index (χ4v) is 13.9. The van der Waals surface area contributed by atoms with Gasteiger partial charge in [-0.05, 0) is 141 Å². The van der Waals surface area contributed by atoms with Crippen LogP contribution in [0.1, 0.15) is 76.2 Å². The summed E-state index contributed by atoms with van der Waals surface area (Å²) >= 11 is 0. The molecule has 74 heavy (non-hydrogen) atoms. The lowest BCUT2D eigenvalue weighted by molar-refractivity contribution is 0.614. The van der Waals surface area contributed by atoms with Gasteiger partial charge in [0.15, 0.2) is 0 Å². The molecule has 0 radical (unpaired) electrons. The van der Waals surface area contributed by atoms with E-state index in [1.165, 1.54) is 133 Å². The maximum absolute atomic E-state index is 2.88. The highest BCUT2D eigenvalue weighted by molar-refractivity contribution is 6.32. The van der Waals surface area contributed by atoms with Gasteiger partial charge in [-0.1, -0.05) is 158 Å². The smallest absolute Gasteiger partial charge is 0.0630 e. The van der Waals surface area contributed by atoms with E-state index in [2.05, 4.69) is 259 Å². The number of hydrogen-bond acceptors (Lipinski definition) is 2. The molecule has 0 saturated carbocycles. The SMILES string of the molecule is Cc1ccc(C)c(N(C2=C3C4CC=Cc5c4n(c4c(C6C=CC=CC6)c6c7cccc8c9c(N(c%10ccccc%10)c%10cc(C)ccc%10C)cccc9n(c6c(-c6ccccc6)c54)c87)C3CC=C2)c2ccccc2)c1. The molecule has 3 atom stereocenters. The summed E-state index contributed by atoms with van der Waals surface area (Å²) in [7, 11) is 0. The van der Waals surface area contributed by atoms with Crippen molar-refractivity contribution in [3.8, 4) is 11.1 Å². The van der Waals surface area contributed by atoms with Crippen LogP contribution in [0, 0.1) is 27.7 Å². The number of hydrogen-bond donors (Lipinski definition) is 0. The number of anilines is 5. The molecular formula is C70H56N4. The Bertz CT molecular complexity index is 4270. The van der Waals surface area contributed by atoms with E-state index >= 15 is 0 Å². The zero-order valence-corrected chi connectivity index (χ0v) is 42.3. The van der Waals surface area contributed by atoms with E-state index in [1.54, 1.807) is 0 Å². The molecule has 4 heteroatoms. The van der Waals surface area contributed by atoms with Crippen molar-refractivity contribution in [2.45, 2.75) is 64.8 Å². The van der Waals surface area contributed by atoms with E-state index in [-0.39, 0.29) is 17.9 Å². The third-order valence-corrected chi connectivity index (χ3v) is 16.9. The maximum Gasteiger partial charge on any atom is 0.0630 e. The lowest BCUT2D eigenvalue weighted by atomic mass is 9.79. The molecule has 4 aliphatic rings. The average molecular weight is 953 g/mol. The normalized spacial score (nSPS) is 17.7. The molecule has 0 spiro atoms. The van der Waals surface area contributed by atoms with E-state index in [1.807, 2.05) is 0 Å². The van der Waals surface area contributed by atoms with Crippen molar-refractivity contribution in [3.63, 3.8) is 0 Å². The maximum atomic E-state index is 2.88. The van der Waals surface area contributed by atoms with E-state index < -0.39 is 0 Å². The Labute approximate surface area is 432 Å². The van der Waals surface area contributed by atoms with Crippen molar-refractivity contribution >= 4 is 83.5 Å². The summed E-state index contributed by atoms with van der Waals surface area (Å²) in [5, 5.41) is 6.62. The molecule has 0 bridgehead atoms. The van der Waals surface area contributed by atoms with Gasteiger partial charge in [0.05, 0.1) is 33.8 Å². The first-order valence-electron chi connectivity index (χ1n) is 26.6. The van der Waals surface area contributed by atoms with Crippen LogP contribution in [0.25, 0.3) is 66.2 Å². The van der Waals surface area contributed by atoms with Crippen LogP contribution in [-0.2, 0) is 0 Å². The van der Waals surface area contributed by atoms with Crippen molar-refractivity contribution < 1.29 is 0 Å². The fraction of sp³-hybridized carbons (Fsp3) is 0.143. The van der Waals surface area contributed by atoms with E-state index in [4.69, 9.17) is 0 Å². The zero-order chi connectivity index (χ0) is 49.3. The minimum absolute atomic E-state index is 0.152. The molecule has 0 N–H and O–H groups in total. The molecule has 4 nitrogen and oxygen atoms in total. The highest BCUT2D eigenvalue weighted by Gasteiger charge is 2.46.